The highest BCUT2D eigenvalue weighted by atomic mass is 35.5. The van der Waals surface area contributed by atoms with Gasteiger partial charge in [-0.1, -0.05) is 23.7 Å². The molecule has 0 spiro atoms. The molecule has 98 valence electrons. The van der Waals surface area contributed by atoms with Gasteiger partial charge in [-0.3, -0.25) is 4.79 Å². The lowest BCUT2D eigenvalue weighted by Gasteiger charge is -2.35. The highest BCUT2D eigenvalue weighted by molar-refractivity contribution is 6.33. The Morgan fingerprint density at radius 2 is 2.00 bits per heavy atom. The van der Waals surface area contributed by atoms with Gasteiger partial charge in [0.15, 0.2) is 6.04 Å². The molecule has 1 saturated heterocycles. The first-order valence-electron chi connectivity index (χ1n) is 6.23. The Balaban J connectivity index is 1.99. The van der Waals surface area contributed by atoms with E-state index in [1.54, 1.807) is 0 Å². The number of benzene rings is 1. The lowest BCUT2D eigenvalue weighted by Crippen LogP contribution is -3.19. The van der Waals surface area contributed by atoms with Crippen molar-refractivity contribution < 1.29 is 9.69 Å². The molecule has 3 N–H and O–H groups in total. The standard InChI is InChI=1S/C13H18ClN3O/c1-10(13(15)18)16-6-8-17(9-7-16)12-5-3-2-4-11(12)14/h2-5,10H,6-9H2,1H3,(H2,15,18)/p+1/t10-/m0/s1. The molecule has 0 aliphatic carbocycles. The lowest BCUT2D eigenvalue weighted by atomic mass is 10.2. The van der Waals surface area contributed by atoms with Gasteiger partial charge in [0.05, 0.1) is 36.9 Å². The number of amides is 1. The topological polar surface area (TPSA) is 50.8 Å². The predicted octanol–water partition coefficient (Wildman–Crippen LogP) is -0.0813. The van der Waals surface area contributed by atoms with Crippen LogP contribution < -0.4 is 15.5 Å². The Labute approximate surface area is 112 Å². The third-order valence-corrected chi connectivity index (χ3v) is 3.96. The molecule has 1 aliphatic heterocycles. The number of quaternary nitrogens is 1. The fourth-order valence-corrected chi connectivity index (χ4v) is 2.63. The summed E-state index contributed by atoms with van der Waals surface area (Å²) >= 11 is 6.18. The van der Waals surface area contributed by atoms with Crippen LogP contribution in [0.1, 0.15) is 6.92 Å². The van der Waals surface area contributed by atoms with Gasteiger partial charge in [0.25, 0.3) is 5.91 Å². The van der Waals surface area contributed by atoms with Gasteiger partial charge < -0.3 is 15.5 Å². The Kier molecular flexibility index (Phi) is 4.09. The average molecular weight is 269 g/mol. The van der Waals surface area contributed by atoms with Crippen LogP contribution in [0.4, 0.5) is 5.69 Å². The largest absolute Gasteiger partial charge is 0.365 e. The van der Waals surface area contributed by atoms with Crippen LogP contribution in [-0.4, -0.2) is 38.1 Å². The molecular formula is C13H19ClN3O+. The van der Waals surface area contributed by atoms with E-state index < -0.39 is 0 Å². The number of carbonyl (C=O) groups is 1. The van der Waals surface area contributed by atoms with Gasteiger partial charge in [-0.15, -0.1) is 0 Å². The first kappa shape index (κ1) is 13.2. The van der Waals surface area contributed by atoms with Gasteiger partial charge in [-0.25, -0.2) is 0 Å². The number of hydrogen-bond acceptors (Lipinski definition) is 2. The number of nitrogens with one attached hydrogen (secondary N) is 1. The minimum Gasteiger partial charge on any atom is -0.365 e. The molecule has 0 aromatic heterocycles. The maximum Gasteiger partial charge on any atom is 0.275 e. The summed E-state index contributed by atoms with van der Waals surface area (Å²) in [5, 5.41) is 0.781. The van der Waals surface area contributed by atoms with Crippen LogP contribution in [0.15, 0.2) is 24.3 Å². The molecule has 1 amide bonds. The second-order valence-electron chi connectivity index (χ2n) is 4.72. The van der Waals surface area contributed by atoms with Gasteiger partial charge in [0.1, 0.15) is 0 Å². The predicted molar refractivity (Wildman–Crippen MR) is 73.0 cm³/mol. The number of nitrogens with two attached hydrogens (primary N) is 1. The number of primary amides is 1. The van der Waals surface area contributed by atoms with Gasteiger partial charge in [0.2, 0.25) is 0 Å². The van der Waals surface area contributed by atoms with E-state index in [0.29, 0.717) is 0 Å². The molecule has 4 nitrogen and oxygen atoms in total. The second kappa shape index (κ2) is 5.59. The van der Waals surface area contributed by atoms with Crippen LogP contribution in [0.3, 0.4) is 0 Å². The number of hydrogen-bond donors (Lipinski definition) is 2. The van der Waals surface area contributed by atoms with E-state index in [2.05, 4.69) is 4.90 Å². The number of halogens is 1. The van der Waals surface area contributed by atoms with Crippen molar-refractivity contribution in [2.45, 2.75) is 13.0 Å². The van der Waals surface area contributed by atoms with E-state index >= 15 is 0 Å². The molecule has 1 aromatic rings. The fourth-order valence-electron chi connectivity index (χ4n) is 2.38. The summed E-state index contributed by atoms with van der Waals surface area (Å²) in [6.45, 7) is 5.51. The van der Waals surface area contributed by atoms with E-state index in [-0.39, 0.29) is 11.9 Å². The smallest absolute Gasteiger partial charge is 0.275 e. The van der Waals surface area contributed by atoms with Crippen LogP contribution in [0.5, 0.6) is 0 Å². The number of para-hydroxylation sites is 1. The molecule has 0 unspecified atom stereocenters. The monoisotopic (exact) mass is 268 g/mol. The third kappa shape index (κ3) is 2.76. The Morgan fingerprint density at radius 3 is 2.56 bits per heavy atom. The van der Waals surface area contributed by atoms with Crippen molar-refractivity contribution in [3.63, 3.8) is 0 Å². The van der Waals surface area contributed by atoms with Crippen LogP contribution >= 0.6 is 11.6 Å². The zero-order valence-corrected chi connectivity index (χ0v) is 11.3. The lowest BCUT2D eigenvalue weighted by molar-refractivity contribution is -0.914. The molecule has 1 heterocycles. The summed E-state index contributed by atoms with van der Waals surface area (Å²) in [5.74, 6) is -0.226. The first-order valence-corrected chi connectivity index (χ1v) is 6.60. The zero-order valence-electron chi connectivity index (χ0n) is 10.5. The van der Waals surface area contributed by atoms with Crippen LogP contribution in [0.25, 0.3) is 0 Å². The van der Waals surface area contributed by atoms with Crippen molar-refractivity contribution in [1.82, 2.24) is 0 Å². The zero-order chi connectivity index (χ0) is 13.1. The Bertz CT molecular complexity index is 430. The van der Waals surface area contributed by atoms with Crippen molar-refractivity contribution >= 4 is 23.2 Å². The van der Waals surface area contributed by atoms with E-state index in [4.69, 9.17) is 17.3 Å². The number of carbonyl (C=O) groups excluding carboxylic acids is 1. The first-order chi connectivity index (χ1) is 8.59. The molecule has 1 fully saturated rings. The summed E-state index contributed by atoms with van der Waals surface area (Å²) in [6, 6.07) is 7.75. The van der Waals surface area contributed by atoms with Gasteiger partial charge in [-0.05, 0) is 19.1 Å². The van der Waals surface area contributed by atoms with Crippen molar-refractivity contribution in [2.75, 3.05) is 31.1 Å². The van der Waals surface area contributed by atoms with E-state index in [1.165, 1.54) is 4.90 Å². The summed E-state index contributed by atoms with van der Waals surface area (Å²) < 4.78 is 0. The number of nitrogens with zero attached hydrogens (tertiary/aromatic N) is 1. The summed E-state index contributed by atoms with van der Waals surface area (Å²) in [6.07, 6.45) is 0. The normalized spacial score (nSPS) is 18.7. The molecule has 18 heavy (non-hydrogen) atoms. The average Bonchev–Trinajstić information content (AvgIpc) is 2.38. The molecule has 1 aliphatic rings. The van der Waals surface area contributed by atoms with Crippen molar-refractivity contribution in [3.8, 4) is 0 Å². The van der Waals surface area contributed by atoms with Gasteiger partial charge >= 0.3 is 0 Å². The summed E-state index contributed by atoms with van der Waals surface area (Å²) in [4.78, 5) is 14.7. The molecule has 0 saturated carbocycles. The minimum atomic E-state index is -0.226. The maximum absolute atomic E-state index is 11.2. The van der Waals surface area contributed by atoms with Crippen molar-refractivity contribution in [2.24, 2.45) is 5.73 Å². The summed E-state index contributed by atoms with van der Waals surface area (Å²) in [7, 11) is 0. The van der Waals surface area contributed by atoms with Crippen LogP contribution in [-0.2, 0) is 4.79 Å². The number of piperazine rings is 1. The molecule has 0 radical (unpaired) electrons. The highest BCUT2D eigenvalue weighted by Gasteiger charge is 2.28. The molecule has 1 atom stereocenters. The van der Waals surface area contributed by atoms with E-state index in [0.717, 1.165) is 36.9 Å². The molecule has 1 aromatic carbocycles. The number of rotatable bonds is 3. The SMILES string of the molecule is C[C@@H](C(N)=O)[NH+]1CCN(c2ccccc2Cl)CC1. The fraction of sp³-hybridized carbons (Fsp3) is 0.462. The Morgan fingerprint density at radius 1 is 1.39 bits per heavy atom. The molecule has 2 rings (SSSR count). The Hall–Kier alpha value is -1.26. The van der Waals surface area contributed by atoms with Crippen molar-refractivity contribution in [3.05, 3.63) is 29.3 Å². The quantitative estimate of drug-likeness (QED) is 0.806. The van der Waals surface area contributed by atoms with Gasteiger partial charge in [-0.2, -0.15) is 0 Å². The highest BCUT2D eigenvalue weighted by Crippen LogP contribution is 2.24. The van der Waals surface area contributed by atoms with E-state index in [9.17, 15) is 4.79 Å². The summed E-state index contributed by atoms with van der Waals surface area (Å²) in [5.41, 5.74) is 6.42. The third-order valence-electron chi connectivity index (χ3n) is 3.64. The second-order valence-corrected chi connectivity index (χ2v) is 5.13. The van der Waals surface area contributed by atoms with Gasteiger partial charge in [0, 0.05) is 0 Å². The number of anilines is 1. The van der Waals surface area contributed by atoms with Crippen LogP contribution in [0, 0.1) is 0 Å². The van der Waals surface area contributed by atoms with Crippen LogP contribution in [0.2, 0.25) is 5.02 Å². The van der Waals surface area contributed by atoms with E-state index in [1.807, 2.05) is 31.2 Å². The molecular weight excluding hydrogens is 250 g/mol. The van der Waals surface area contributed by atoms with Crippen molar-refractivity contribution in [1.29, 1.82) is 0 Å². The molecule has 0 bridgehead atoms. The maximum atomic E-state index is 11.2. The molecule has 5 heteroatoms. The minimum absolute atomic E-state index is 0.113.